The lowest BCUT2D eigenvalue weighted by Crippen LogP contribution is -2.23. The first kappa shape index (κ1) is 20.7. The van der Waals surface area contributed by atoms with Gasteiger partial charge >= 0.3 is 0 Å². The van der Waals surface area contributed by atoms with Crippen LogP contribution in [0.5, 0.6) is 11.5 Å². The molecular formula is C25H27NO5S. The standard InChI is InChI=1S/C25H23NO5S.2H2/c1-16-17(4-3-7-21(16)18-5-2-6-20(12-18)32(26,28)29)13-24(27)25(10-11-25)19-8-9-22-23(14-19)31-15-30-22;;/h2-9,12,14H,10-11,13,15H2,1H3,(H2,26,28,29);2*1H. The van der Waals surface area contributed by atoms with E-state index in [2.05, 4.69) is 0 Å². The molecule has 6 nitrogen and oxygen atoms in total. The molecule has 1 aliphatic carbocycles. The molecule has 3 aromatic carbocycles. The van der Waals surface area contributed by atoms with Crippen molar-refractivity contribution in [2.75, 3.05) is 6.79 Å². The van der Waals surface area contributed by atoms with Crippen LogP contribution in [0, 0.1) is 6.92 Å². The molecule has 0 unspecified atom stereocenters. The molecule has 0 aromatic heterocycles. The molecule has 2 aliphatic rings. The van der Waals surface area contributed by atoms with Crippen molar-refractivity contribution < 1.29 is 25.5 Å². The summed E-state index contributed by atoms with van der Waals surface area (Å²) in [6, 6.07) is 18.1. The van der Waals surface area contributed by atoms with Crippen LogP contribution < -0.4 is 14.6 Å². The molecule has 168 valence electrons. The van der Waals surface area contributed by atoms with E-state index in [0.717, 1.165) is 40.7 Å². The first-order chi connectivity index (χ1) is 15.3. The number of primary sulfonamides is 1. The van der Waals surface area contributed by atoms with Gasteiger partial charge in [-0.05, 0) is 71.8 Å². The lowest BCUT2D eigenvalue weighted by atomic mass is 9.86. The Bertz CT molecular complexity index is 1350. The molecule has 32 heavy (non-hydrogen) atoms. The van der Waals surface area contributed by atoms with Crippen LogP contribution in [-0.4, -0.2) is 21.0 Å². The average molecular weight is 454 g/mol. The largest absolute Gasteiger partial charge is 0.454 e. The van der Waals surface area contributed by atoms with E-state index < -0.39 is 15.4 Å². The van der Waals surface area contributed by atoms with Crippen molar-refractivity contribution >= 4 is 15.8 Å². The predicted molar refractivity (Wildman–Crippen MR) is 124 cm³/mol. The Morgan fingerprint density at radius 1 is 1.03 bits per heavy atom. The second kappa shape index (κ2) is 7.46. The molecule has 1 heterocycles. The van der Waals surface area contributed by atoms with Gasteiger partial charge in [-0.15, -0.1) is 0 Å². The number of ketones is 1. The first-order valence-electron chi connectivity index (χ1n) is 10.4. The molecule has 0 amide bonds. The van der Waals surface area contributed by atoms with Crippen molar-refractivity contribution in [2.45, 2.75) is 36.5 Å². The number of ether oxygens (including phenoxy) is 2. The van der Waals surface area contributed by atoms with Gasteiger partial charge in [0.1, 0.15) is 5.78 Å². The molecule has 0 saturated heterocycles. The number of hydrogen-bond acceptors (Lipinski definition) is 5. The lowest BCUT2D eigenvalue weighted by molar-refractivity contribution is -0.120. The minimum atomic E-state index is -3.79. The molecule has 0 radical (unpaired) electrons. The number of fused-ring (bicyclic) bond motifs is 1. The highest BCUT2D eigenvalue weighted by Crippen LogP contribution is 2.51. The summed E-state index contributed by atoms with van der Waals surface area (Å²) in [5.41, 5.74) is 4.02. The Balaban J connectivity index is 0.00000162. The van der Waals surface area contributed by atoms with Crippen LogP contribution in [0.25, 0.3) is 11.1 Å². The SMILES string of the molecule is Cc1c(CC(=O)C2(c3ccc4c(c3)OCO4)CC2)cccc1-c1cccc(S(N)(=O)=O)c1.[HH].[HH]. The Morgan fingerprint density at radius 2 is 1.78 bits per heavy atom. The van der Waals surface area contributed by atoms with Crippen molar-refractivity contribution in [3.63, 3.8) is 0 Å². The summed E-state index contributed by atoms with van der Waals surface area (Å²) in [4.78, 5) is 13.5. The van der Waals surface area contributed by atoms with Crippen molar-refractivity contribution in [1.82, 2.24) is 0 Å². The maximum Gasteiger partial charge on any atom is 0.238 e. The minimum absolute atomic E-state index is 0. The minimum Gasteiger partial charge on any atom is -0.454 e. The zero-order valence-corrected chi connectivity index (χ0v) is 18.4. The van der Waals surface area contributed by atoms with E-state index in [0.29, 0.717) is 17.9 Å². The molecule has 3 aromatic rings. The van der Waals surface area contributed by atoms with Crippen molar-refractivity contribution in [1.29, 1.82) is 0 Å². The Morgan fingerprint density at radius 3 is 2.53 bits per heavy atom. The second-order valence-electron chi connectivity index (χ2n) is 8.41. The van der Waals surface area contributed by atoms with Gasteiger partial charge in [0.2, 0.25) is 16.8 Å². The maximum absolute atomic E-state index is 13.4. The predicted octanol–water partition coefficient (Wildman–Crippen LogP) is 4.37. The number of hydrogen-bond donors (Lipinski definition) is 1. The molecule has 2 N–H and O–H groups in total. The van der Waals surface area contributed by atoms with Crippen LogP contribution in [-0.2, 0) is 26.7 Å². The fourth-order valence-electron chi connectivity index (χ4n) is 4.42. The van der Waals surface area contributed by atoms with Gasteiger partial charge in [0.05, 0.1) is 10.3 Å². The van der Waals surface area contributed by atoms with E-state index in [1.807, 2.05) is 49.4 Å². The Hall–Kier alpha value is -3.16. The number of nitrogens with two attached hydrogens (primary N) is 1. The molecule has 0 spiro atoms. The van der Waals surface area contributed by atoms with Gasteiger partial charge in [-0.25, -0.2) is 13.6 Å². The third kappa shape index (κ3) is 3.57. The van der Waals surface area contributed by atoms with Gasteiger partial charge in [0, 0.05) is 9.27 Å². The van der Waals surface area contributed by atoms with Crippen LogP contribution in [0.3, 0.4) is 0 Å². The van der Waals surface area contributed by atoms with Crippen LogP contribution in [0.15, 0.2) is 65.6 Å². The van der Waals surface area contributed by atoms with Gasteiger partial charge in [0.15, 0.2) is 11.5 Å². The van der Waals surface area contributed by atoms with Crippen molar-refractivity contribution in [3.8, 4) is 22.6 Å². The monoisotopic (exact) mass is 453 g/mol. The summed E-state index contributed by atoms with van der Waals surface area (Å²) < 4.78 is 34.4. The molecule has 1 aliphatic heterocycles. The lowest BCUT2D eigenvalue weighted by Gasteiger charge is -2.17. The number of carbonyl (C=O) groups is 1. The summed E-state index contributed by atoms with van der Waals surface area (Å²) in [7, 11) is -3.79. The molecule has 1 fully saturated rings. The summed E-state index contributed by atoms with van der Waals surface area (Å²) in [5.74, 6) is 1.58. The van der Waals surface area contributed by atoms with E-state index in [4.69, 9.17) is 14.6 Å². The van der Waals surface area contributed by atoms with Crippen LogP contribution in [0.2, 0.25) is 0 Å². The summed E-state index contributed by atoms with van der Waals surface area (Å²) in [6.45, 7) is 2.17. The highest BCUT2D eigenvalue weighted by Gasteiger charge is 2.50. The third-order valence-corrected chi connectivity index (χ3v) is 7.39. The Kier molecular flexibility index (Phi) is 4.83. The number of sulfonamides is 1. The first-order valence-corrected chi connectivity index (χ1v) is 12.0. The van der Waals surface area contributed by atoms with Crippen LogP contribution >= 0.6 is 0 Å². The normalized spacial score (nSPS) is 16.1. The van der Waals surface area contributed by atoms with E-state index in [9.17, 15) is 13.2 Å². The molecule has 0 atom stereocenters. The maximum atomic E-state index is 13.4. The number of Topliss-reactive ketones (excluding diaryl/α,β-unsaturated/α-hetero) is 1. The van der Waals surface area contributed by atoms with E-state index in [-0.39, 0.29) is 20.3 Å². The zero-order valence-electron chi connectivity index (χ0n) is 17.6. The van der Waals surface area contributed by atoms with Crippen LogP contribution in [0.4, 0.5) is 0 Å². The topological polar surface area (TPSA) is 95.7 Å². The molecule has 1 saturated carbocycles. The fourth-order valence-corrected chi connectivity index (χ4v) is 4.98. The Labute approximate surface area is 190 Å². The summed E-state index contributed by atoms with van der Waals surface area (Å²) in [5, 5.41) is 5.29. The van der Waals surface area contributed by atoms with E-state index >= 15 is 0 Å². The quantitative estimate of drug-likeness (QED) is 0.598. The number of carbonyl (C=O) groups excluding carboxylic acids is 1. The van der Waals surface area contributed by atoms with Crippen molar-refractivity contribution in [3.05, 3.63) is 77.4 Å². The van der Waals surface area contributed by atoms with Gasteiger partial charge in [-0.2, -0.15) is 0 Å². The molecule has 0 bridgehead atoms. The highest BCUT2D eigenvalue weighted by atomic mass is 32.2. The molecule has 5 rings (SSSR count). The van der Waals surface area contributed by atoms with Gasteiger partial charge in [-0.1, -0.05) is 36.4 Å². The smallest absolute Gasteiger partial charge is 0.238 e. The number of rotatable bonds is 6. The van der Waals surface area contributed by atoms with E-state index in [1.54, 1.807) is 12.1 Å². The summed E-state index contributed by atoms with van der Waals surface area (Å²) >= 11 is 0. The molecule has 7 heteroatoms. The van der Waals surface area contributed by atoms with E-state index in [1.165, 1.54) is 6.07 Å². The third-order valence-electron chi connectivity index (χ3n) is 6.48. The van der Waals surface area contributed by atoms with Gasteiger partial charge in [-0.3, -0.25) is 4.79 Å². The molecular weight excluding hydrogens is 426 g/mol. The van der Waals surface area contributed by atoms with Gasteiger partial charge in [0.25, 0.3) is 0 Å². The van der Waals surface area contributed by atoms with Gasteiger partial charge < -0.3 is 9.47 Å². The average Bonchev–Trinajstić information content (AvgIpc) is 3.45. The zero-order chi connectivity index (χ0) is 22.5. The summed E-state index contributed by atoms with van der Waals surface area (Å²) in [6.07, 6.45) is 1.95. The second-order valence-corrected chi connectivity index (χ2v) is 9.97. The van der Waals surface area contributed by atoms with Crippen LogP contribution in [0.1, 0.15) is 32.4 Å². The van der Waals surface area contributed by atoms with Crippen molar-refractivity contribution in [2.24, 2.45) is 5.14 Å². The number of benzene rings is 3. The fraction of sp³-hybridized carbons (Fsp3) is 0.240. The highest BCUT2D eigenvalue weighted by molar-refractivity contribution is 7.89.